The SMILES string of the molecule is COc1cc2c(cc1OC(C)C)C(c1ccc(Cl)cc1)N(c1ccc(C(C)(O)C3CC4CCC(C3)N4S(C)(=O)=O)cc1)C(=O)C2. The molecule has 3 heterocycles. The zero-order chi connectivity index (χ0) is 32.3. The molecule has 3 aromatic rings. The van der Waals surface area contributed by atoms with Crippen molar-refractivity contribution >= 4 is 33.2 Å². The van der Waals surface area contributed by atoms with Crippen LogP contribution in [0.4, 0.5) is 5.69 Å². The van der Waals surface area contributed by atoms with Crippen LogP contribution in [-0.2, 0) is 26.8 Å². The van der Waals surface area contributed by atoms with Crippen LogP contribution in [0.3, 0.4) is 0 Å². The fourth-order valence-electron chi connectivity index (χ4n) is 7.66. The van der Waals surface area contributed by atoms with Gasteiger partial charge in [-0.1, -0.05) is 35.9 Å². The topological polar surface area (TPSA) is 96.4 Å². The number of halogens is 1. The van der Waals surface area contributed by atoms with Gasteiger partial charge in [-0.2, -0.15) is 4.31 Å². The smallest absolute Gasteiger partial charge is 0.232 e. The first-order valence-electron chi connectivity index (χ1n) is 15.5. The predicted octanol–water partition coefficient (Wildman–Crippen LogP) is 6.22. The fraction of sp³-hybridized carbons (Fsp3) is 0.457. The monoisotopic (exact) mass is 652 g/mol. The first kappa shape index (κ1) is 31.9. The Kier molecular flexibility index (Phi) is 8.44. The third kappa shape index (κ3) is 5.96. The number of rotatable bonds is 8. The van der Waals surface area contributed by atoms with E-state index in [2.05, 4.69) is 0 Å². The number of amides is 1. The van der Waals surface area contributed by atoms with Gasteiger partial charge in [0.15, 0.2) is 11.5 Å². The third-order valence-corrected chi connectivity index (χ3v) is 11.3. The number of nitrogens with zero attached hydrogens (tertiary/aromatic N) is 2. The summed E-state index contributed by atoms with van der Waals surface area (Å²) in [5.74, 6) is 1.05. The van der Waals surface area contributed by atoms with Crippen molar-refractivity contribution in [2.75, 3.05) is 18.3 Å². The van der Waals surface area contributed by atoms with Crippen molar-refractivity contribution in [2.45, 2.75) is 82.7 Å². The lowest BCUT2D eigenvalue weighted by molar-refractivity contribution is -0.118. The Balaban J connectivity index is 1.35. The Bertz CT molecular complexity index is 1680. The van der Waals surface area contributed by atoms with Crippen LogP contribution in [0.15, 0.2) is 60.7 Å². The second-order valence-electron chi connectivity index (χ2n) is 13.1. The summed E-state index contributed by atoms with van der Waals surface area (Å²) in [7, 11) is -1.70. The number of carbonyl (C=O) groups excluding carboxylic acids is 1. The van der Waals surface area contributed by atoms with Gasteiger partial charge >= 0.3 is 0 Å². The minimum atomic E-state index is -3.29. The average Bonchev–Trinajstić information content (AvgIpc) is 3.27. The number of anilines is 1. The molecule has 0 aliphatic carbocycles. The van der Waals surface area contributed by atoms with E-state index in [1.54, 1.807) is 16.3 Å². The highest BCUT2D eigenvalue weighted by Gasteiger charge is 2.50. The summed E-state index contributed by atoms with van der Waals surface area (Å²) in [4.78, 5) is 15.7. The van der Waals surface area contributed by atoms with Crippen LogP contribution < -0.4 is 14.4 Å². The molecule has 0 saturated carbocycles. The van der Waals surface area contributed by atoms with Crippen LogP contribution in [0.1, 0.15) is 74.8 Å². The maximum absolute atomic E-state index is 13.9. The molecule has 3 aliphatic rings. The number of carbonyl (C=O) groups is 1. The Labute approximate surface area is 270 Å². The molecule has 3 aromatic carbocycles. The van der Waals surface area contributed by atoms with E-state index in [9.17, 15) is 18.3 Å². The summed E-state index contributed by atoms with van der Waals surface area (Å²) < 4.78 is 38.2. The Morgan fingerprint density at radius 1 is 0.978 bits per heavy atom. The highest BCUT2D eigenvalue weighted by molar-refractivity contribution is 7.88. The number of piperidine rings is 1. The van der Waals surface area contributed by atoms with Crippen molar-refractivity contribution in [3.63, 3.8) is 0 Å². The lowest BCUT2D eigenvalue weighted by Gasteiger charge is -2.43. The zero-order valence-corrected chi connectivity index (χ0v) is 27.9. The summed E-state index contributed by atoms with van der Waals surface area (Å²) in [6, 6.07) is 18.4. The number of hydrogen-bond donors (Lipinski definition) is 1. The highest BCUT2D eigenvalue weighted by atomic mass is 35.5. The first-order chi connectivity index (χ1) is 21.3. The summed E-state index contributed by atoms with van der Waals surface area (Å²) in [5.41, 5.74) is 3.01. The van der Waals surface area contributed by atoms with Crippen LogP contribution in [0.25, 0.3) is 0 Å². The van der Waals surface area contributed by atoms with Gasteiger partial charge in [-0.05, 0) is 111 Å². The molecule has 0 aromatic heterocycles. The Morgan fingerprint density at radius 3 is 2.16 bits per heavy atom. The molecular formula is C35H41ClN2O6S. The van der Waals surface area contributed by atoms with Crippen molar-refractivity contribution in [1.29, 1.82) is 0 Å². The molecular weight excluding hydrogens is 612 g/mol. The molecule has 10 heteroatoms. The molecule has 1 N–H and O–H groups in total. The number of hydrogen-bond acceptors (Lipinski definition) is 6. The summed E-state index contributed by atoms with van der Waals surface area (Å²) in [6.45, 7) is 5.74. The van der Waals surface area contributed by atoms with E-state index in [-0.39, 0.29) is 36.4 Å². The molecule has 3 aliphatic heterocycles. The number of fused-ring (bicyclic) bond motifs is 3. The lowest BCUT2D eigenvalue weighted by atomic mass is 9.75. The van der Waals surface area contributed by atoms with Gasteiger partial charge in [0.2, 0.25) is 15.9 Å². The Hall–Kier alpha value is -3.11. The molecule has 2 fully saturated rings. The second kappa shape index (κ2) is 11.9. The number of methoxy groups -OCH3 is 1. The van der Waals surface area contributed by atoms with Gasteiger partial charge < -0.3 is 19.5 Å². The van der Waals surface area contributed by atoms with Crippen molar-refractivity contribution in [1.82, 2.24) is 4.31 Å². The van der Waals surface area contributed by atoms with E-state index in [1.807, 2.05) is 81.4 Å². The van der Waals surface area contributed by atoms with Gasteiger partial charge in [-0.25, -0.2) is 8.42 Å². The molecule has 6 rings (SSSR count). The maximum atomic E-state index is 13.9. The molecule has 45 heavy (non-hydrogen) atoms. The second-order valence-corrected chi connectivity index (χ2v) is 15.4. The van der Waals surface area contributed by atoms with Crippen LogP contribution in [0.5, 0.6) is 11.5 Å². The van der Waals surface area contributed by atoms with Crippen LogP contribution in [-0.4, -0.2) is 55.3 Å². The van der Waals surface area contributed by atoms with E-state index in [4.69, 9.17) is 21.1 Å². The largest absolute Gasteiger partial charge is 0.493 e. The van der Waals surface area contributed by atoms with Gasteiger partial charge in [0, 0.05) is 22.8 Å². The maximum Gasteiger partial charge on any atom is 0.232 e. The minimum absolute atomic E-state index is 0.0636. The zero-order valence-electron chi connectivity index (χ0n) is 26.4. The van der Waals surface area contributed by atoms with Crippen LogP contribution in [0.2, 0.25) is 5.02 Å². The quantitative estimate of drug-likeness (QED) is 0.310. The van der Waals surface area contributed by atoms with E-state index in [1.165, 1.54) is 6.26 Å². The minimum Gasteiger partial charge on any atom is -0.493 e. The summed E-state index contributed by atoms with van der Waals surface area (Å²) in [6.07, 6.45) is 4.28. The molecule has 1 amide bonds. The highest BCUT2D eigenvalue weighted by Crippen LogP contribution is 2.48. The fourth-order valence-corrected chi connectivity index (χ4v) is 9.25. The van der Waals surface area contributed by atoms with Crippen molar-refractivity contribution in [3.8, 4) is 11.5 Å². The van der Waals surface area contributed by atoms with E-state index >= 15 is 0 Å². The van der Waals surface area contributed by atoms with Crippen LogP contribution in [0, 0.1) is 5.92 Å². The molecule has 0 radical (unpaired) electrons. The van der Waals surface area contributed by atoms with Crippen molar-refractivity contribution < 1.29 is 27.8 Å². The van der Waals surface area contributed by atoms with Gasteiger partial charge in [-0.3, -0.25) is 4.79 Å². The van der Waals surface area contributed by atoms with Crippen molar-refractivity contribution in [3.05, 3.63) is 87.9 Å². The normalized spacial score (nSPS) is 24.8. The molecule has 4 unspecified atom stereocenters. The molecule has 8 nitrogen and oxygen atoms in total. The first-order valence-corrected chi connectivity index (χ1v) is 17.8. The summed E-state index contributed by atoms with van der Waals surface area (Å²) >= 11 is 6.26. The van der Waals surface area contributed by atoms with E-state index in [0.29, 0.717) is 35.1 Å². The predicted molar refractivity (Wildman–Crippen MR) is 175 cm³/mol. The Morgan fingerprint density at radius 2 is 1.60 bits per heavy atom. The molecule has 240 valence electrons. The van der Waals surface area contributed by atoms with Crippen LogP contribution >= 0.6 is 11.6 Å². The number of benzene rings is 3. The number of aliphatic hydroxyl groups is 1. The van der Waals surface area contributed by atoms with E-state index in [0.717, 1.165) is 35.1 Å². The number of sulfonamides is 1. The summed E-state index contributed by atoms with van der Waals surface area (Å²) in [5, 5.41) is 12.5. The molecule has 2 saturated heterocycles. The average molecular weight is 653 g/mol. The van der Waals surface area contributed by atoms with Gasteiger partial charge in [0.1, 0.15) is 0 Å². The molecule has 2 bridgehead atoms. The van der Waals surface area contributed by atoms with Crippen molar-refractivity contribution in [2.24, 2.45) is 5.92 Å². The number of ether oxygens (including phenoxy) is 2. The van der Waals surface area contributed by atoms with E-state index < -0.39 is 21.7 Å². The lowest BCUT2D eigenvalue weighted by Crippen LogP contribution is -2.50. The molecule has 0 spiro atoms. The third-order valence-electron chi connectivity index (χ3n) is 9.71. The van der Waals surface area contributed by atoms with Gasteiger partial charge in [0.25, 0.3) is 0 Å². The van der Waals surface area contributed by atoms with Gasteiger partial charge in [0.05, 0.1) is 37.5 Å². The standard InChI is InChI=1S/C35H41ClN2O6S/c1-21(2)44-32-20-30-23(16-31(32)43-4)17-33(39)37(34(30)22-6-10-26(36)11-7-22)27-12-8-24(9-13-27)35(3,40)25-18-28-14-15-29(19-25)38(28)45(5,41)42/h6-13,16,20-21,25,28-29,34,40H,14-15,17-19H2,1-5H3. The molecule has 4 atom stereocenters. The van der Waals surface area contributed by atoms with Gasteiger partial charge in [-0.15, -0.1) is 0 Å².